The van der Waals surface area contributed by atoms with E-state index in [9.17, 15) is 4.79 Å². The maximum atomic E-state index is 12.2. The van der Waals surface area contributed by atoms with E-state index in [4.69, 9.17) is 4.74 Å². The fourth-order valence-corrected chi connectivity index (χ4v) is 2.35. The molecule has 0 N–H and O–H groups in total. The van der Waals surface area contributed by atoms with Gasteiger partial charge < -0.3 is 4.74 Å². The Morgan fingerprint density at radius 1 is 1.29 bits per heavy atom. The first-order valence-corrected chi connectivity index (χ1v) is 7.78. The van der Waals surface area contributed by atoms with Crippen molar-refractivity contribution in [1.29, 1.82) is 0 Å². The Balaban J connectivity index is 2.50. The summed E-state index contributed by atoms with van der Waals surface area (Å²) >= 11 is 4.24. The van der Waals surface area contributed by atoms with E-state index >= 15 is 0 Å². The lowest BCUT2D eigenvalue weighted by Gasteiger charge is -2.10. The molecular weight excluding hydrogens is 284 g/mol. The van der Waals surface area contributed by atoms with Gasteiger partial charge in [0.1, 0.15) is 5.75 Å². The number of benzene rings is 1. The average molecular weight is 304 g/mol. The number of ether oxygens (including phenoxy) is 1. The number of nitrogens with zero attached hydrogens (tertiary/aromatic N) is 2. The van der Waals surface area contributed by atoms with E-state index < -0.39 is 0 Å². The minimum absolute atomic E-state index is 0.0587. The zero-order chi connectivity index (χ0) is 15.2. The monoisotopic (exact) mass is 304 g/mol. The van der Waals surface area contributed by atoms with Crippen molar-refractivity contribution in [3.63, 3.8) is 0 Å². The lowest BCUT2D eigenvalue weighted by molar-refractivity contribution is 0.340. The van der Waals surface area contributed by atoms with E-state index in [-0.39, 0.29) is 5.56 Å². The van der Waals surface area contributed by atoms with Crippen molar-refractivity contribution in [2.24, 2.45) is 0 Å². The van der Waals surface area contributed by atoms with Gasteiger partial charge in [-0.2, -0.15) is 17.7 Å². The molecule has 0 radical (unpaired) electrons. The molecule has 0 spiro atoms. The molecule has 0 aliphatic carbocycles. The summed E-state index contributed by atoms with van der Waals surface area (Å²) in [5.41, 5.74) is 2.32. The van der Waals surface area contributed by atoms with Crippen molar-refractivity contribution in [1.82, 2.24) is 9.78 Å². The molecule has 21 heavy (non-hydrogen) atoms. The Morgan fingerprint density at radius 2 is 2.10 bits per heavy atom. The lowest BCUT2D eigenvalue weighted by Crippen LogP contribution is -2.26. The van der Waals surface area contributed by atoms with Crippen LogP contribution in [0.2, 0.25) is 0 Å². The van der Waals surface area contributed by atoms with Gasteiger partial charge in [0, 0.05) is 23.4 Å². The van der Waals surface area contributed by atoms with E-state index in [2.05, 4.69) is 17.7 Å². The Morgan fingerprint density at radius 3 is 2.76 bits per heavy atom. The molecule has 0 fully saturated rings. The molecule has 0 aliphatic rings. The summed E-state index contributed by atoms with van der Waals surface area (Å²) in [5.74, 6) is 1.21. The highest BCUT2D eigenvalue weighted by Gasteiger charge is 2.09. The summed E-state index contributed by atoms with van der Waals surface area (Å²) in [6.45, 7) is 5.20. The summed E-state index contributed by atoms with van der Waals surface area (Å²) in [5, 5.41) is 4.46. The first kappa shape index (κ1) is 15.6. The van der Waals surface area contributed by atoms with Crippen LogP contribution in [-0.2, 0) is 12.3 Å². The lowest BCUT2D eigenvalue weighted by atomic mass is 10.1. The molecule has 2 aromatic rings. The van der Waals surface area contributed by atoms with Crippen LogP contribution in [0.4, 0.5) is 0 Å². The first-order chi connectivity index (χ1) is 10.2. The Kier molecular flexibility index (Phi) is 5.44. The highest BCUT2D eigenvalue weighted by molar-refractivity contribution is 7.79. The number of aromatic nitrogens is 2. The third-order valence-corrected chi connectivity index (χ3v) is 3.44. The van der Waals surface area contributed by atoms with Gasteiger partial charge in [0.25, 0.3) is 5.56 Å². The van der Waals surface area contributed by atoms with Gasteiger partial charge in [0.15, 0.2) is 0 Å². The van der Waals surface area contributed by atoms with Crippen molar-refractivity contribution < 1.29 is 4.74 Å². The molecule has 5 heteroatoms. The quantitative estimate of drug-likeness (QED) is 0.834. The third-order valence-electron chi connectivity index (χ3n) is 3.10. The maximum Gasteiger partial charge on any atom is 0.270 e. The second-order valence-corrected chi connectivity index (χ2v) is 5.02. The van der Waals surface area contributed by atoms with Crippen molar-refractivity contribution in [2.75, 3.05) is 6.61 Å². The van der Waals surface area contributed by atoms with E-state index in [0.29, 0.717) is 24.5 Å². The normalized spacial score (nSPS) is 10.6. The molecule has 4 nitrogen and oxygen atoms in total. The molecule has 0 atom stereocenters. The predicted octanol–water partition coefficient (Wildman–Crippen LogP) is 3.15. The summed E-state index contributed by atoms with van der Waals surface area (Å²) in [6, 6.07) is 9.56. The molecule has 0 amide bonds. The summed E-state index contributed by atoms with van der Waals surface area (Å²) < 4.78 is 7.04. The van der Waals surface area contributed by atoms with Crippen LogP contribution in [-0.4, -0.2) is 16.4 Å². The third kappa shape index (κ3) is 3.67. The number of aryl methyl sites for hydroxylation is 1. The van der Waals surface area contributed by atoms with Crippen molar-refractivity contribution in [3.05, 3.63) is 46.2 Å². The molecule has 1 aromatic carbocycles. The molecule has 0 bridgehead atoms. The van der Waals surface area contributed by atoms with Gasteiger partial charge >= 0.3 is 0 Å². The van der Waals surface area contributed by atoms with Gasteiger partial charge in [-0.15, -0.1) is 0 Å². The van der Waals surface area contributed by atoms with Crippen molar-refractivity contribution >= 4 is 12.6 Å². The van der Waals surface area contributed by atoms with E-state index in [1.807, 2.05) is 44.2 Å². The van der Waals surface area contributed by atoms with Gasteiger partial charge in [0.2, 0.25) is 0 Å². The van der Waals surface area contributed by atoms with Gasteiger partial charge in [-0.3, -0.25) is 4.79 Å². The van der Waals surface area contributed by atoms with Gasteiger partial charge in [-0.05, 0) is 31.5 Å². The highest BCUT2D eigenvalue weighted by Crippen LogP contribution is 2.22. The molecule has 1 aromatic heterocycles. The summed E-state index contributed by atoms with van der Waals surface area (Å²) in [6.07, 6.45) is 0.862. The number of hydrogen-bond acceptors (Lipinski definition) is 4. The average Bonchev–Trinajstić information content (AvgIpc) is 2.50. The fourth-order valence-electron chi connectivity index (χ4n) is 2.13. The van der Waals surface area contributed by atoms with Crippen LogP contribution in [0.3, 0.4) is 0 Å². The predicted molar refractivity (Wildman–Crippen MR) is 88.1 cm³/mol. The molecule has 112 valence electrons. The standard InChI is InChI=1S/C16H20N2O2S/c1-3-8-18-16(19)13(11-21)10-15(17-18)12-6-5-7-14(9-12)20-4-2/h5-7,9-10,21H,3-4,8,11H2,1-2H3. The van der Waals surface area contributed by atoms with Crippen molar-refractivity contribution in [2.45, 2.75) is 32.6 Å². The minimum Gasteiger partial charge on any atom is -0.494 e. The van der Waals surface area contributed by atoms with Crippen LogP contribution in [0.1, 0.15) is 25.8 Å². The Bertz CT molecular complexity index is 668. The molecule has 2 rings (SSSR count). The molecule has 0 unspecified atom stereocenters. The molecular formula is C16H20N2O2S. The van der Waals surface area contributed by atoms with Crippen LogP contribution >= 0.6 is 12.6 Å². The Hall–Kier alpha value is -1.75. The maximum absolute atomic E-state index is 12.2. The topological polar surface area (TPSA) is 44.1 Å². The minimum atomic E-state index is -0.0587. The molecule has 1 heterocycles. The van der Waals surface area contributed by atoms with Crippen LogP contribution < -0.4 is 10.3 Å². The van der Waals surface area contributed by atoms with Gasteiger partial charge in [-0.25, -0.2) is 4.68 Å². The summed E-state index contributed by atoms with van der Waals surface area (Å²) in [7, 11) is 0. The van der Waals surface area contributed by atoms with E-state index in [1.165, 1.54) is 4.68 Å². The fraction of sp³-hybridized carbons (Fsp3) is 0.375. The smallest absolute Gasteiger partial charge is 0.270 e. The van der Waals surface area contributed by atoms with Crippen molar-refractivity contribution in [3.8, 4) is 17.0 Å². The number of thiol groups is 1. The molecule has 0 saturated heterocycles. The zero-order valence-electron chi connectivity index (χ0n) is 12.4. The van der Waals surface area contributed by atoms with Gasteiger partial charge in [0.05, 0.1) is 12.3 Å². The SMILES string of the molecule is CCCn1nc(-c2cccc(OCC)c2)cc(CS)c1=O. The molecule has 0 aliphatic heterocycles. The van der Waals surface area contributed by atoms with Gasteiger partial charge in [-0.1, -0.05) is 19.1 Å². The van der Waals surface area contributed by atoms with Crippen LogP contribution in [0.25, 0.3) is 11.3 Å². The first-order valence-electron chi connectivity index (χ1n) is 7.14. The summed E-state index contributed by atoms with van der Waals surface area (Å²) in [4.78, 5) is 12.2. The number of rotatable bonds is 6. The van der Waals surface area contributed by atoms with E-state index in [1.54, 1.807) is 0 Å². The largest absolute Gasteiger partial charge is 0.494 e. The zero-order valence-corrected chi connectivity index (χ0v) is 13.3. The van der Waals surface area contributed by atoms with Crippen LogP contribution in [0.5, 0.6) is 5.75 Å². The molecule has 0 saturated carbocycles. The van der Waals surface area contributed by atoms with E-state index in [0.717, 1.165) is 23.4 Å². The Labute approximate surface area is 130 Å². The highest BCUT2D eigenvalue weighted by atomic mass is 32.1. The second-order valence-electron chi connectivity index (χ2n) is 4.70. The van der Waals surface area contributed by atoms with Crippen LogP contribution in [0.15, 0.2) is 35.1 Å². The number of hydrogen-bond donors (Lipinski definition) is 1. The second kappa shape index (κ2) is 7.31. The van der Waals surface area contributed by atoms with Crippen LogP contribution in [0, 0.1) is 0 Å².